The van der Waals surface area contributed by atoms with Crippen LogP contribution >= 0.6 is 0 Å². The number of benzene rings is 1. The molecular weight excluding hydrogens is 363 g/mol. The third-order valence-corrected chi connectivity index (χ3v) is 5.38. The van der Waals surface area contributed by atoms with Gasteiger partial charge < -0.3 is 24.8 Å². The van der Waals surface area contributed by atoms with Crippen LogP contribution in [0.4, 0.5) is 10.1 Å². The number of amides is 2. The van der Waals surface area contributed by atoms with Gasteiger partial charge in [-0.3, -0.25) is 9.59 Å². The lowest BCUT2D eigenvalue weighted by atomic mass is 10.2. The molecule has 3 rings (SSSR count). The Kier molecular flexibility index (Phi) is 6.98. The Morgan fingerprint density at radius 3 is 2.14 bits per heavy atom. The molecule has 2 aliphatic rings. The van der Waals surface area contributed by atoms with Crippen molar-refractivity contribution in [1.29, 1.82) is 0 Å². The van der Waals surface area contributed by atoms with Gasteiger partial charge in [0, 0.05) is 18.8 Å². The minimum Gasteiger partial charge on any atom is -0.372 e. The van der Waals surface area contributed by atoms with Crippen molar-refractivity contribution in [1.82, 2.24) is 4.90 Å². The molecule has 0 radical (unpaired) electrons. The Hall–Kier alpha value is -2.03. The van der Waals surface area contributed by atoms with E-state index < -0.39 is 0 Å². The Morgan fingerprint density at radius 1 is 1.04 bits per heavy atom. The second kappa shape index (κ2) is 9.45. The Bertz CT molecular complexity index is 667. The largest absolute Gasteiger partial charge is 0.372 e. The zero-order valence-electron chi connectivity index (χ0n) is 16.7. The average Bonchev–Trinajstić information content (AvgIpc) is 2.64. The Balaban J connectivity index is 1.38. The highest BCUT2D eigenvalue weighted by Crippen LogP contribution is 2.10. The molecule has 8 heteroatoms. The number of anilines is 1. The third kappa shape index (κ3) is 5.98. The lowest BCUT2D eigenvalue weighted by molar-refractivity contribution is -1.00. The number of morpholine rings is 1. The number of nitrogens with one attached hydrogen (secondary N) is 3. The van der Waals surface area contributed by atoms with E-state index in [0.29, 0.717) is 31.9 Å². The first kappa shape index (κ1) is 20.7. The zero-order valence-corrected chi connectivity index (χ0v) is 16.7. The van der Waals surface area contributed by atoms with Gasteiger partial charge in [-0.05, 0) is 38.1 Å². The van der Waals surface area contributed by atoms with Crippen LogP contribution < -0.4 is 15.1 Å². The van der Waals surface area contributed by atoms with Gasteiger partial charge in [0.25, 0.3) is 11.8 Å². The van der Waals surface area contributed by atoms with Crippen molar-refractivity contribution in [3.8, 4) is 0 Å². The molecule has 2 fully saturated rings. The van der Waals surface area contributed by atoms with Crippen LogP contribution in [0.3, 0.4) is 0 Å². The molecule has 1 aromatic carbocycles. The van der Waals surface area contributed by atoms with Crippen molar-refractivity contribution in [2.75, 3.05) is 57.7 Å². The number of quaternary nitrogens is 2. The lowest BCUT2D eigenvalue weighted by Crippen LogP contribution is -3.28. The smallest absolute Gasteiger partial charge is 0.279 e. The molecule has 0 aliphatic carbocycles. The first-order valence-corrected chi connectivity index (χ1v) is 10.0. The van der Waals surface area contributed by atoms with E-state index >= 15 is 0 Å². The maximum absolute atomic E-state index is 12.9. The molecule has 1 aromatic rings. The average molecular weight is 394 g/mol. The van der Waals surface area contributed by atoms with Crippen LogP contribution in [0, 0.1) is 5.82 Å². The standard InChI is InChI=1S/C20H29FN4O3/c1-15-11-25(12-16(2)28-15)20(27)14-24-9-7-23(8-10-24)13-19(26)22-18-5-3-17(21)4-6-18/h3-6,15-16H,7-14H2,1-2H3,(H,22,26)/p+2/t15-,16+. The summed E-state index contributed by atoms with van der Waals surface area (Å²) < 4.78 is 18.6. The van der Waals surface area contributed by atoms with Gasteiger partial charge in [0.2, 0.25) is 0 Å². The number of carbonyl (C=O) groups is 2. The summed E-state index contributed by atoms with van der Waals surface area (Å²) in [7, 11) is 0. The van der Waals surface area contributed by atoms with E-state index in [9.17, 15) is 14.0 Å². The first-order chi connectivity index (χ1) is 13.4. The minimum absolute atomic E-state index is 0.0718. The van der Waals surface area contributed by atoms with Gasteiger partial charge in [-0.25, -0.2) is 4.39 Å². The highest BCUT2D eigenvalue weighted by molar-refractivity contribution is 5.91. The van der Waals surface area contributed by atoms with Gasteiger partial charge in [0.05, 0.1) is 12.2 Å². The molecule has 0 saturated carbocycles. The molecule has 2 atom stereocenters. The van der Waals surface area contributed by atoms with Crippen LogP contribution in [0.1, 0.15) is 13.8 Å². The predicted molar refractivity (Wildman–Crippen MR) is 103 cm³/mol. The van der Waals surface area contributed by atoms with Crippen molar-refractivity contribution in [3.05, 3.63) is 30.1 Å². The summed E-state index contributed by atoms with van der Waals surface area (Å²) >= 11 is 0. The third-order valence-electron chi connectivity index (χ3n) is 5.38. The van der Waals surface area contributed by atoms with Crippen molar-refractivity contribution in [2.45, 2.75) is 26.1 Å². The van der Waals surface area contributed by atoms with Gasteiger partial charge in [-0.15, -0.1) is 0 Å². The molecule has 0 aromatic heterocycles. The molecule has 0 bridgehead atoms. The van der Waals surface area contributed by atoms with E-state index in [1.54, 1.807) is 12.1 Å². The normalized spacial score (nSPS) is 28.0. The fourth-order valence-electron chi connectivity index (χ4n) is 3.98. The van der Waals surface area contributed by atoms with Gasteiger partial charge >= 0.3 is 0 Å². The summed E-state index contributed by atoms with van der Waals surface area (Å²) in [5.74, 6) is -0.204. The summed E-state index contributed by atoms with van der Waals surface area (Å²) in [4.78, 5) is 29.2. The number of piperazine rings is 1. The second-order valence-electron chi connectivity index (χ2n) is 7.96. The summed E-state index contributed by atoms with van der Waals surface area (Å²) in [6.07, 6.45) is 0.173. The summed E-state index contributed by atoms with van der Waals surface area (Å²) in [5, 5.41) is 2.81. The molecule has 0 unspecified atom stereocenters. The number of rotatable bonds is 5. The fourth-order valence-corrected chi connectivity index (χ4v) is 3.98. The number of halogens is 1. The van der Waals surface area contributed by atoms with Crippen molar-refractivity contribution in [3.63, 3.8) is 0 Å². The topological polar surface area (TPSA) is 67.5 Å². The molecule has 154 valence electrons. The van der Waals surface area contributed by atoms with E-state index in [4.69, 9.17) is 4.74 Å². The first-order valence-electron chi connectivity index (χ1n) is 10.0. The minimum atomic E-state index is -0.321. The summed E-state index contributed by atoms with van der Waals surface area (Å²) in [6.45, 7) is 9.69. The fraction of sp³-hybridized carbons (Fsp3) is 0.600. The highest BCUT2D eigenvalue weighted by Gasteiger charge is 2.31. The lowest BCUT2D eigenvalue weighted by Gasteiger charge is -2.36. The number of hydrogen-bond donors (Lipinski definition) is 3. The Morgan fingerprint density at radius 2 is 1.57 bits per heavy atom. The van der Waals surface area contributed by atoms with Crippen LogP contribution in [-0.2, 0) is 14.3 Å². The van der Waals surface area contributed by atoms with E-state index in [0.717, 1.165) is 26.2 Å². The van der Waals surface area contributed by atoms with Crippen molar-refractivity contribution < 1.29 is 28.5 Å². The van der Waals surface area contributed by atoms with E-state index in [2.05, 4.69) is 5.32 Å². The monoisotopic (exact) mass is 394 g/mol. The Labute approximate surface area is 165 Å². The summed E-state index contributed by atoms with van der Waals surface area (Å²) in [6, 6.07) is 5.78. The van der Waals surface area contributed by atoms with E-state index in [-0.39, 0.29) is 29.8 Å². The molecule has 2 saturated heterocycles. The number of carbonyl (C=O) groups excluding carboxylic acids is 2. The van der Waals surface area contributed by atoms with E-state index in [1.807, 2.05) is 18.7 Å². The molecule has 3 N–H and O–H groups in total. The molecule has 2 amide bonds. The molecule has 28 heavy (non-hydrogen) atoms. The molecule has 7 nitrogen and oxygen atoms in total. The van der Waals surface area contributed by atoms with Gasteiger partial charge in [0.15, 0.2) is 13.1 Å². The van der Waals surface area contributed by atoms with Crippen LogP contribution in [-0.4, -0.2) is 81.3 Å². The van der Waals surface area contributed by atoms with Gasteiger partial charge in [-0.2, -0.15) is 0 Å². The molecule has 2 aliphatic heterocycles. The van der Waals surface area contributed by atoms with Crippen molar-refractivity contribution >= 4 is 17.5 Å². The molecule has 2 heterocycles. The number of hydrogen-bond acceptors (Lipinski definition) is 3. The maximum Gasteiger partial charge on any atom is 0.279 e. The van der Waals surface area contributed by atoms with Gasteiger partial charge in [0.1, 0.15) is 32.0 Å². The molecular formula is C20H31FN4O3+2. The number of nitrogens with zero attached hydrogens (tertiary/aromatic N) is 1. The second-order valence-corrected chi connectivity index (χ2v) is 7.96. The predicted octanol–water partition coefficient (Wildman–Crippen LogP) is -1.82. The van der Waals surface area contributed by atoms with E-state index in [1.165, 1.54) is 21.9 Å². The maximum atomic E-state index is 12.9. The highest BCUT2D eigenvalue weighted by atomic mass is 19.1. The summed E-state index contributed by atoms with van der Waals surface area (Å²) in [5.41, 5.74) is 0.606. The quantitative estimate of drug-likeness (QED) is 0.551. The SMILES string of the molecule is C[C@@H]1CN(C(=O)C[NH+]2CC[NH+](CC(=O)Nc3ccc(F)cc3)CC2)C[C@H](C)O1. The number of ether oxygens (including phenoxy) is 1. The van der Waals surface area contributed by atoms with Crippen molar-refractivity contribution in [2.24, 2.45) is 0 Å². The molecule has 0 spiro atoms. The van der Waals surface area contributed by atoms with Crippen LogP contribution in [0.25, 0.3) is 0 Å². The van der Waals surface area contributed by atoms with Crippen LogP contribution in [0.5, 0.6) is 0 Å². The van der Waals surface area contributed by atoms with Crippen LogP contribution in [0.2, 0.25) is 0 Å². The van der Waals surface area contributed by atoms with Gasteiger partial charge in [-0.1, -0.05) is 0 Å². The van der Waals surface area contributed by atoms with Crippen LogP contribution in [0.15, 0.2) is 24.3 Å². The zero-order chi connectivity index (χ0) is 20.1.